The van der Waals surface area contributed by atoms with Crippen LogP contribution in [0.2, 0.25) is 0 Å². The van der Waals surface area contributed by atoms with Crippen molar-refractivity contribution < 1.29 is 17.9 Å². The number of ether oxygens (including phenoxy) is 2. The molecule has 0 saturated heterocycles. The normalized spacial score (nSPS) is 12.4. The molecule has 34 heavy (non-hydrogen) atoms. The highest BCUT2D eigenvalue weighted by Gasteiger charge is 2.29. The lowest BCUT2D eigenvalue weighted by Gasteiger charge is -2.33. The van der Waals surface area contributed by atoms with Gasteiger partial charge in [0.2, 0.25) is 0 Å². The Hall–Kier alpha value is -2.21. The van der Waals surface area contributed by atoms with E-state index in [1.807, 2.05) is 12.1 Å². The fourth-order valence-electron chi connectivity index (χ4n) is 4.18. The van der Waals surface area contributed by atoms with Gasteiger partial charge in [-0.25, -0.2) is 8.42 Å². The van der Waals surface area contributed by atoms with Gasteiger partial charge in [0, 0.05) is 5.69 Å². The molecule has 5 nitrogen and oxygen atoms in total. The molecule has 0 aliphatic rings. The summed E-state index contributed by atoms with van der Waals surface area (Å²) in [6, 6.07) is 12.5. The predicted octanol–water partition coefficient (Wildman–Crippen LogP) is 7.56. The molecule has 190 valence electrons. The number of anilines is 1. The van der Waals surface area contributed by atoms with Gasteiger partial charge in [0.05, 0.1) is 13.2 Å². The van der Waals surface area contributed by atoms with Crippen LogP contribution in [0.5, 0.6) is 11.5 Å². The number of hydrogen-bond donors (Lipinski definition) is 1. The van der Waals surface area contributed by atoms with Gasteiger partial charge in [0.1, 0.15) is 16.4 Å². The number of nitrogens with one attached hydrogen (secondary N) is 1. The second-order valence-electron chi connectivity index (χ2n) is 10.8. The van der Waals surface area contributed by atoms with E-state index in [4.69, 9.17) is 9.47 Å². The van der Waals surface area contributed by atoms with Gasteiger partial charge in [-0.3, -0.25) is 4.72 Å². The minimum absolute atomic E-state index is 0.121. The first-order chi connectivity index (χ1) is 15.9. The molecule has 0 aliphatic carbocycles. The summed E-state index contributed by atoms with van der Waals surface area (Å²) in [4.78, 5) is 0.155. The molecule has 0 heterocycles. The third kappa shape index (κ3) is 8.53. The quantitative estimate of drug-likeness (QED) is 0.295. The summed E-state index contributed by atoms with van der Waals surface area (Å²) in [5, 5.41) is 0. The number of benzene rings is 2. The summed E-state index contributed by atoms with van der Waals surface area (Å²) < 4.78 is 41.0. The van der Waals surface area contributed by atoms with Crippen molar-refractivity contribution in [3.05, 3.63) is 48.0 Å². The molecule has 0 atom stereocenters. The number of unbranched alkanes of at least 4 members (excludes halogenated alkanes) is 2. The Morgan fingerprint density at radius 1 is 0.824 bits per heavy atom. The molecule has 0 aromatic heterocycles. The van der Waals surface area contributed by atoms with Gasteiger partial charge in [-0.05, 0) is 72.1 Å². The van der Waals surface area contributed by atoms with Gasteiger partial charge in [0.25, 0.3) is 10.0 Å². The third-order valence-electron chi connectivity index (χ3n) is 5.62. The Labute approximate surface area is 207 Å². The number of hydrogen-bond acceptors (Lipinski definition) is 4. The van der Waals surface area contributed by atoms with Crippen molar-refractivity contribution in [2.45, 2.75) is 90.9 Å². The second kappa shape index (κ2) is 12.0. The van der Waals surface area contributed by atoms with Gasteiger partial charge in [-0.1, -0.05) is 67.4 Å². The molecule has 0 aliphatic heterocycles. The highest BCUT2D eigenvalue weighted by Crippen LogP contribution is 2.39. The first-order valence-electron chi connectivity index (χ1n) is 12.4. The summed E-state index contributed by atoms with van der Waals surface area (Å²) in [7, 11) is -3.83. The van der Waals surface area contributed by atoms with Crippen molar-refractivity contribution in [2.24, 2.45) is 5.41 Å². The lowest BCUT2D eigenvalue weighted by molar-refractivity contribution is 0.279. The lowest BCUT2D eigenvalue weighted by Crippen LogP contribution is -2.25. The average Bonchev–Trinajstić information content (AvgIpc) is 2.73. The molecular formula is C28H43NO4S. The van der Waals surface area contributed by atoms with Crippen LogP contribution >= 0.6 is 0 Å². The molecule has 2 aromatic carbocycles. The van der Waals surface area contributed by atoms with E-state index in [0.717, 1.165) is 43.4 Å². The van der Waals surface area contributed by atoms with E-state index in [0.29, 0.717) is 24.7 Å². The summed E-state index contributed by atoms with van der Waals surface area (Å²) >= 11 is 0. The molecule has 0 spiro atoms. The first kappa shape index (κ1) is 28.0. The highest BCUT2D eigenvalue weighted by atomic mass is 32.2. The zero-order valence-electron chi connectivity index (χ0n) is 22.0. The zero-order chi connectivity index (χ0) is 25.4. The minimum atomic E-state index is -3.83. The number of rotatable bonds is 13. The Balaban J connectivity index is 2.31. The van der Waals surface area contributed by atoms with Crippen LogP contribution in [0.15, 0.2) is 47.4 Å². The summed E-state index contributed by atoms with van der Waals surface area (Å²) in [6.45, 7) is 16.4. The fraction of sp³-hybridized carbons (Fsp3) is 0.571. The summed E-state index contributed by atoms with van der Waals surface area (Å²) in [5.41, 5.74) is 1.58. The van der Waals surface area contributed by atoms with E-state index in [9.17, 15) is 8.42 Å². The van der Waals surface area contributed by atoms with Gasteiger partial charge in [-0.2, -0.15) is 0 Å². The summed E-state index contributed by atoms with van der Waals surface area (Å²) in [5.74, 6) is 1.13. The van der Waals surface area contributed by atoms with Gasteiger partial charge in [-0.15, -0.1) is 0 Å². The van der Waals surface area contributed by atoms with E-state index in [1.165, 1.54) is 0 Å². The van der Waals surface area contributed by atoms with Crippen molar-refractivity contribution in [2.75, 3.05) is 17.9 Å². The van der Waals surface area contributed by atoms with Crippen LogP contribution in [0, 0.1) is 5.41 Å². The van der Waals surface area contributed by atoms with Crippen LogP contribution in [0.1, 0.15) is 86.1 Å². The van der Waals surface area contributed by atoms with Crippen molar-refractivity contribution in [1.82, 2.24) is 0 Å². The van der Waals surface area contributed by atoms with Gasteiger partial charge in [0.15, 0.2) is 0 Å². The third-order valence-corrected chi connectivity index (χ3v) is 7.04. The van der Waals surface area contributed by atoms with Crippen molar-refractivity contribution in [3.63, 3.8) is 0 Å². The highest BCUT2D eigenvalue weighted by molar-refractivity contribution is 7.92. The maximum atomic E-state index is 13.3. The molecule has 0 amide bonds. The van der Waals surface area contributed by atoms with E-state index < -0.39 is 10.0 Å². The molecule has 2 aromatic rings. The molecular weight excluding hydrogens is 446 g/mol. The van der Waals surface area contributed by atoms with Crippen LogP contribution < -0.4 is 14.2 Å². The van der Waals surface area contributed by atoms with Crippen LogP contribution in [-0.2, 0) is 15.4 Å². The van der Waals surface area contributed by atoms with Crippen molar-refractivity contribution >= 4 is 15.7 Å². The molecule has 0 saturated carbocycles. The standard InChI is InChI=1S/C28H43NO4S/c1-8-10-18-32-24-15-13-23(14-16-24)29-34(30,31)26-17-12-22(20-25(26)33-19-11-9-2)28(6,7)21-27(3,4)5/h12-17,20,29H,8-11,18-19,21H2,1-7H3. The largest absolute Gasteiger partial charge is 0.494 e. The van der Waals surface area contributed by atoms with Crippen LogP contribution in [0.4, 0.5) is 5.69 Å². The molecule has 0 bridgehead atoms. The zero-order valence-corrected chi connectivity index (χ0v) is 22.8. The van der Waals surface area contributed by atoms with Crippen LogP contribution in [-0.4, -0.2) is 21.6 Å². The number of sulfonamides is 1. The minimum Gasteiger partial charge on any atom is -0.494 e. The van der Waals surface area contributed by atoms with Crippen molar-refractivity contribution in [3.8, 4) is 11.5 Å². The monoisotopic (exact) mass is 489 g/mol. The average molecular weight is 490 g/mol. The van der Waals surface area contributed by atoms with Crippen molar-refractivity contribution in [1.29, 1.82) is 0 Å². The SMILES string of the molecule is CCCCOc1ccc(NS(=O)(=O)c2ccc(C(C)(C)CC(C)(C)C)cc2OCCCC)cc1. The maximum absolute atomic E-state index is 13.3. The van der Waals surface area contributed by atoms with E-state index in [2.05, 4.69) is 53.2 Å². The van der Waals surface area contributed by atoms with E-state index in [-0.39, 0.29) is 15.7 Å². The Bertz CT molecular complexity index is 1010. The van der Waals surface area contributed by atoms with E-state index in [1.54, 1.807) is 30.3 Å². The molecule has 0 radical (unpaired) electrons. The lowest BCUT2D eigenvalue weighted by atomic mass is 9.72. The van der Waals surface area contributed by atoms with E-state index >= 15 is 0 Å². The molecule has 6 heteroatoms. The maximum Gasteiger partial charge on any atom is 0.265 e. The smallest absolute Gasteiger partial charge is 0.265 e. The molecule has 2 rings (SSSR count). The molecule has 0 fully saturated rings. The molecule has 0 unspecified atom stereocenters. The Morgan fingerprint density at radius 2 is 1.41 bits per heavy atom. The topological polar surface area (TPSA) is 64.6 Å². The van der Waals surface area contributed by atoms with Crippen LogP contribution in [0.3, 0.4) is 0 Å². The molecule has 1 N–H and O–H groups in total. The fourth-order valence-corrected chi connectivity index (χ4v) is 5.37. The summed E-state index contributed by atoms with van der Waals surface area (Å²) in [6.07, 6.45) is 4.85. The van der Waals surface area contributed by atoms with Gasteiger partial charge < -0.3 is 9.47 Å². The van der Waals surface area contributed by atoms with Crippen LogP contribution in [0.25, 0.3) is 0 Å². The second-order valence-corrected chi connectivity index (χ2v) is 12.5. The Morgan fingerprint density at radius 3 is 1.97 bits per heavy atom. The first-order valence-corrected chi connectivity index (χ1v) is 13.9. The predicted molar refractivity (Wildman–Crippen MR) is 142 cm³/mol. The Kier molecular flexibility index (Phi) is 9.86. The van der Waals surface area contributed by atoms with Gasteiger partial charge >= 0.3 is 0 Å².